The van der Waals surface area contributed by atoms with Gasteiger partial charge in [-0.3, -0.25) is 4.68 Å². The summed E-state index contributed by atoms with van der Waals surface area (Å²) in [5.41, 5.74) is 2.23. The maximum Gasteiger partial charge on any atom is 0.106 e. The lowest BCUT2D eigenvalue weighted by Crippen LogP contribution is -2.21. The predicted molar refractivity (Wildman–Crippen MR) is 82.3 cm³/mol. The minimum absolute atomic E-state index is 0.387. The van der Waals surface area contributed by atoms with Crippen molar-refractivity contribution in [3.8, 4) is 0 Å². The van der Waals surface area contributed by atoms with Crippen LogP contribution in [0.15, 0.2) is 18.5 Å². The molecule has 0 unspecified atom stereocenters. The van der Waals surface area contributed by atoms with Crippen LogP contribution in [0.25, 0.3) is 0 Å². The minimum atomic E-state index is 0.387. The number of imidazole rings is 1. The Morgan fingerprint density at radius 1 is 1.38 bits per heavy atom. The van der Waals surface area contributed by atoms with Gasteiger partial charge in [-0.25, -0.2) is 4.98 Å². The molecule has 0 aliphatic heterocycles. The summed E-state index contributed by atoms with van der Waals surface area (Å²) in [6.45, 7) is 9.38. The van der Waals surface area contributed by atoms with Crippen molar-refractivity contribution >= 4 is 0 Å². The fourth-order valence-electron chi connectivity index (χ4n) is 2.17. The molecule has 21 heavy (non-hydrogen) atoms. The third-order valence-electron chi connectivity index (χ3n) is 3.44. The monoisotopic (exact) mass is 291 g/mol. The molecule has 2 aromatic rings. The molecule has 0 fully saturated rings. The molecule has 0 saturated carbocycles. The number of rotatable bonds is 8. The zero-order valence-electron chi connectivity index (χ0n) is 13.3. The van der Waals surface area contributed by atoms with E-state index in [1.165, 1.54) is 5.69 Å². The fourth-order valence-corrected chi connectivity index (χ4v) is 2.17. The van der Waals surface area contributed by atoms with E-state index in [1.807, 2.05) is 24.0 Å². The average molecular weight is 291 g/mol. The first-order chi connectivity index (χ1) is 10.1. The Morgan fingerprint density at radius 2 is 2.19 bits per heavy atom. The van der Waals surface area contributed by atoms with Gasteiger partial charge in [0.25, 0.3) is 0 Å². The van der Waals surface area contributed by atoms with Crippen molar-refractivity contribution in [2.75, 3.05) is 20.3 Å². The van der Waals surface area contributed by atoms with Gasteiger partial charge >= 0.3 is 0 Å². The molecule has 116 valence electrons. The number of nitrogens with one attached hydrogen (secondary N) is 1. The molecule has 6 nitrogen and oxygen atoms in total. The number of aryl methyl sites for hydroxylation is 1. The van der Waals surface area contributed by atoms with Crippen LogP contribution in [-0.2, 0) is 17.8 Å². The number of methoxy groups -OCH3 is 1. The highest BCUT2D eigenvalue weighted by molar-refractivity contribution is 5.09. The molecular weight excluding hydrogens is 266 g/mol. The predicted octanol–water partition coefficient (Wildman–Crippen LogP) is 1.75. The summed E-state index contributed by atoms with van der Waals surface area (Å²) in [5.74, 6) is 1.01. The van der Waals surface area contributed by atoms with Gasteiger partial charge in [-0.15, -0.1) is 0 Å². The number of nitrogens with zero attached hydrogens (tertiary/aromatic N) is 4. The first-order valence-corrected chi connectivity index (χ1v) is 7.36. The lowest BCUT2D eigenvalue weighted by atomic mass is 10.3. The smallest absolute Gasteiger partial charge is 0.106 e. The van der Waals surface area contributed by atoms with Crippen LogP contribution < -0.4 is 5.32 Å². The Labute approximate surface area is 126 Å². The quantitative estimate of drug-likeness (QED) is 0.753. The first-order valence-electron chi connectivity index (χ1n) is 7.36. The molecule has 2 heterocycles. The number of hydrogen-bond acceptors (Lipinski definition) is 4. The Morgan fingerprint density at radius 3 is 2.86 bits per heavy atom. The fraction of sp³-hybridized carbons (Fsp3) is 0.600. The normalized spacial score (nSPS) is 11.5. The van der Waals surface area contributed by atoms with Gasteiger partial charge in [0.2, 0.25) is 0 Å². The Bertz CT molecular complexity index is 558. The molecule has 0 bridgehead atoms. The zero-order chi connectivity index (χ0) is 15.2. The van der Waals surface area contributed by atoms with Gasteiger partial charge in [0.05, 0.1) is 24.5 Å². The van der Waals surface area contributed by atoms with Gasteiger partial charge in [0, 0.05) is 38.6 Å². The third-order valence-corrected chi connectivity index (χ3v) is 3.44. The maximum atomic E-state index is 5.04. The SMILES string of the molecule is COCCNCc1cnc(C)n1Cc1ccn(C(C)C)n1. The second kappa shape index (κ2) is 7.38. The molecule has 2 aromatic heterocycles. The van der Waals surface area contributed by atoms with Crippen molar-refractivity contribution in [1.29, 1.82) is 0 Å². The van der Waals surface area contributed by atoms with Crippen LogP contribution in [0.2, 0.25) is 0 Å². The molecule has 0 amide bonds. The van der Waals surface area contributed by atoms with Crippen molar-refractivity contribution in [3.05, 3.63) is 35.7 Å². The second-order valence-electron chi connectivity index (χ2n) is 5.43. The standard InChI is InChI=1S/C15H25N5O/c1-12(2)20-7-5-14(18-20)11-19-13(3)17-10-15(19)9-16-6-8-21-4/h5,7,10,12,16H,6,8-9,11H2,1-4H3. The van der Waals surface area contributed by atoms with Gasteiger partial charge in [0.15, 0.2) is 0 Å². The average Bonchev–Trinajstić information content (AvgIpc) is 3.05. The number of ether oxygens (including phenoxy) is 1. The molecule has 6 heteroatoms. The Balaban J connectivity index is 2.02. The van der Waals surface area contributed by atoms with Crippen molar-refractivity contribution in [3.63, 3.8) is 0 Å². The van der Waals surface area contributed by atoms with E-state index in [1.54, 1.807) is 7.11 Å². The van der Waals surface area contributed by atoms with Crippen molar-refractivity contribution in [2.45, 2.75) is 39.9 Å². The zero-order valence-corrected chi connectivity index (χ0v) is 13.3. The van der Waals surface area contributed by atoms with E-state index >= 15 is 0 Å². The van der Waals surface area contributed by atoms with E-state index in [0.717, 1.165) is 31.2 Å². The van der Waals surface area contributed by atoms with Crippen molar-refractivity contribution in [1.82, 2.24) is 24.6 Å². The summed E-state index contributed by atoms with van der Waals surface area (Å²) in [6.07, 6.45) is 3.96. The van der Waals surface area contributed by atoms with Crippen LogP contribution in [0.3, 0.4) is 0 Å². The maximum absolute atomic E-state index is 5.04. The summed E-state index contributed by atoms with van der Waals surface area (Å²) < 4.78 is 9.22. The second-order valence-corrected chi connectivity index (χ2v) is 5.43. The van der Waals surface area contributed by atoms with Crippen LogP contribution in [0.1, 0.15) is 37.1 Å². The molecule has 0 aromatic carbocycles. The van der Waals surface area contributed by atoms with E-state index in [0.29, 0.717) is 12.6 Å². The summed E-state index contributed by atoms with van der Waals surface area (Å²) >= 11 is 0. The molecule has 0 spiro atoms. The van der Waals surface area contributed by atoms with Crippen LogP contribution in [-0.4, -0.2) is 39.6 Å². The number of aromatic nitrogens is 4. The van der Waals surface area contributed by atoms with E-state index in [9.17, 15) is 0 Å². The topological polar surface area (TPSA) is 56.9 Å². The van der Waals surface area contributed by atoms with Crippen LogP contribution in [0, 0.1) is 6.92 Å². The van der Waals surface area contributed by atoms with Crippen LogP contribution in [0.5, 0.6) is 0 Å². The number of hydrogen-bond donors (Lipinski definition) is 1. The highest BCUT2D eigenvalue weighted by Crippen LogP contribution is 2.10. The molecule has 0 radical (unpaired) electrons. The van der Waals surface area contributed by atoms with Crippen LogP contribution in [0.4, 0.5) is 0 Å². The van der Waals surface area contributed by atoms with E-state index in [2.05, 4.69) is 39.9 Å². The largest absolute Gasteiger partial charge is 0.383 e. The summed E-state index contributed by atoms with van der Waals surface area (Å²) in [5, 5.41) is 7.96. The molecule has 1 N–H and O–H groups in total. The van der Waals surface area contributed by atoms with Crippen LogP contribution >= 0.6 is 0 Å². The van der Waals surface area contributed by atoms with Gasteiger partial charge in [-0.2, -0.15) is 5.10 Å². The van der Waals surface area contributed by atoms with E-state index in [-0.39, 0.29) is 0 Å². The highest BCUT2D eigenvalue weighted by Gasteiger charge is 2.09. The first kappa shape index (κ1) is 15.7. The van der Waals surface area contributed by atoms with Gasteiger partial charge in [-0.05, 0) is 26.8 Å². The molecule has 2 rings (SSSR count). The molecular formula is C15H25N5O. The Kier molecular flexibility index (Phi) is 5.52. The lowest BCUT2D eigenvalue weighted by molar-refractivity contribution is 0.199. The van der Waals surface area contributed by atoms with E-state index in [4.69, 9.17) is 4.74 Å². The van der Waals surface area contributed by atoms with Gasteiger partial charge < -0.3 is 14.6 Å². The Hall–Kier alpha value is -1.66. The van der Waals surface area contributed by atoms with Gasteiger partial charge in [0.1, 0.15) is 5.82 Å². The van der Waals surface area contributed by atoms with E-state index < -0.39 is 0 Å². The minimum Gasteiger partial charge on any atom is -0.383 e. The van der Waals surface area contributed by atoms with Crippen molar-refractivity contribution < 1.29 is 4.74 Å². The molecule has 0 aliphatic rings. The molecule has 0 atom stereocenters. The summed E-state index contributed by atoms with van der Waals surface area (Å²) in [6, 6.07) is 2.46. The van der Waals surface area contributed by atoms with Gasteiger partial charge in [-0.1, -0.05) is 0 Å². The lowest BCUT2D eigenvalue weighted by Gasteiger charge is -2.10. The summed E-state index contributed by atoms with van der Waals surface area (Å²) in [7, 11) is 1.71. The summed E-state index contributed by atoms with van der Waals surface area (Å²) in [4.78, 5) is 4.41. The highest BCUT2D eigenvalue weighted by atomic mass is 16.5. The third kappa shape index (κ3) is 4.15. The van der Waals surface area contributed by atoms with Crippen molar-refractivity contribution in [2.24, 2.45) is 0 Å². The molecule has 0 aliphatic carbocycles. The molecule has 0 saturated heterocycles.